The van der Waals surface area contributed by atoms with Gasteiger partial charge in [0.2, 0.25) is 5.91 Å². The van der Waals surface area contributed by atoms with Gasteiger partial charge in [0, 0.05) is 27.2 Å². The zero-order valence-electron chi connectivity index (χ0n) is 11.2. The maximum absolute atomic E-state index is 11.6. The first kappa shape index (κ1) is 15.4. The third-order valence-electron chi connectivity index (χ3n) is 2.71. The molecular formula is C12H26N2O2. The molecular weight excluding hydrogens is 204 g/mol. The van der Waals surface area contributed by atoms with Crippen LogP contribution in [0.4, 0.5) is 0 Å². The van der Waals surface area contributed by atoms with E-state index in [-0.39, 0.29) is 24.0 Å². The fraction of sp³-hybridized carbons (Fsp3) is 0.917. The molecule has 0 fully saturated rings. The Morgan fingerprint density at radius 1 is 1.44 bits per heavy atom. The Morgan fingerprint density at radius 2 is 2.00 bits per heavy atom. The van der Waals surface area contributed by atoms with Crippen LogP contribution in [0.1, 0.15) is 33.6 Å². The predicted molar refractivity (Wildman–Crippen MR) is 66.3 cm³/mol. The highest BCUT2D eigenvalue weighted by Gasteiger charge is 2.21. The summed E-state index contributed by atoms with van der Waals surface area (Å²) in [5.41, 5.74) is 0.115. The van der Waals surface area contributed by atoms with Gasteiger partial charge in [0.25, 0.3) is 0 Å². The van der Waals surface area contributed by atoms with E-state index in [0.29, 0.717) is 0 Å². The molecule has 0 saturated heterocycles. The van der Waals surface area contributed by atoms with Gasteiger partial charge in [-0.2, -0.15) is 0 Å². The highest BCUT2D eigenvalue weighted by molar-refractivity contribution is 5.80. The zero-order valence-corrected chi connectivity index (χ0v) is 11.2. The first-order valence-corrected chi connectivity index (χ1v) is 5.85. The lowest BCUT2D eigenvalue weighted by Crippen LogP contribution is -2.44. The minimum atomic E-state index is -0.150. The third kappa shape index (κ3) is 6.08. The van der Waals surface area contributed by atoms with Gasteiger partial charge < -0.3 is 15.3 Å². The molecule has 0 aliphatic heterocycles. The number of hydrogen-bond donors (Lipinski definition) is 2. The monoisotopic (exact) mass is 230 g/mol. The molecule has 1 unspecified atom stereocenters. The van der Waals surface area contributed by atoms with E-state index in [2.05, 4.69) is 19.2 Å². The summed E-state index contributed by atoms with van der Waals surface area (Å²) in [6.07, 6.45) is 1.77. The largest absolute Gasteiger partial charge is 0.396 e. The van der Waals surface area contributed by atoms with Gasteiger partial charge in [-0.25, -0.2) is 0 Å². The van der Waals surface area contributed by atoms with Crippen LogP contribution in [0.3, 0.4) is 0 Å². The molecule has 2 N–H and O–H groups in total. The number of nitrogens with one attached hydrogen (secondary N) is 1. The first-order valence-electron chi connectivity index (χ1n) is 5.85. The smallest absolute Gasteiger partial charge is 0.238 e. The first-order chi connectivity index (χ1) is 7.30. The van der Waals surface area contributed by atoms with Gasteiger partial charge >= 0.3 is 0 Å². The van der Waals surface area contributed by atoms with Crippen LogP contribution in [0, 0.1) is 5.41 Å². The average molecular weight is 230 g/mol. The van der Waals surface area contributed by atoms with Crippen molar-refractivity contribution in [2.24, 2.45) is 5.41 Å². The molecule has 0 saturated carbocycles. The van der Waals surface area contributed by atoms with Crippen LogP contribution in [0.15, 0.2) is 0 Å². The number of carbonyl (C=O) groups excluding carboxylic acids is 1. The van der Waals surface area contributed by atoms with Crippen molar-refractivity contribution in [2.75, 3.05) is 27.2 Å². The van der Waals surface area contributed by atoms with Crippen LogP contribution in [0.5, 0.6) is 0 Å². The minimum Gasteiger partial charge on any atom is -0.396 e. The van der Waals surface area contributed by atoms with E-state index in [1.165, 1.54) is 0 Å². The number of amides is 1. The van der Waals surface area contributed by atoms with Gasteiger partial charge in [-0.15, -0.1) is 0 Å². The Kier molecular flexibility index (Phi) is 6.60. The molecule has 4 heteroatoms. The standard InChI is InChI=1S/C12H26N2O2/c1-10(11(16)14(4)5)13-9-12(2,3)7-6-8-15/h10,13,15H,6-9H2,1-5H3. The summed E-state index contributed by atoms with van der Waals surface area (Å²) < 4.78 is 0. The Hall–Kier alpha value is -0.610. The second kappa shape index (κ2) is 6.86. The van der Waals surface area contributed by atoms with E-state index in [9.17, 15) is 4.79 Å². The van der Waals surface area contributed by atoms with Gasteiger partial charge in [0.05, 0.1) is 6.04 Å². The van der Waals surface area contributed by atoms with Gasteiger partial charge in [-0.1, -0.05) is 13.8 Å². The lowest BCUT2D eigenvalue weighted by Gasteiger charge is -2.27. The average Bonchev–Trinajstić information content (AvgIpc) is 2.22. The lowest BCUT2D eigenvalue weighted by atomic mass is 9.87. The van der Waals surface area contributed by atoms with Crippen molar-refractivity contribution in [1.29, 1.82) is 0 Å². The Labute approximate surface area is 99.0 Å². The summed E-state index contributed by atoms with van der Waals surface area (Å²) in [7, 11) is 3.52. The van der Waals surface area contributed by atoms with E-state index in [0.717, 1.165) is 19.4 Å². The van der Waals surface area contributed by atoms with Crippen molar-refractivity contribution in [1.82, 2.24) is 10.2 Å². The number of carbonyl (C=O) groups is 1. The Morgan fingerprint density at radius 3 is 2.44 bits per heavy atom. The Balaban J connectivity index is 3.98. The third-order valence-corrected chi connectivity index (χ3v) is 2.71. The van der Waals surface area contributed by atoms with Crippen LogP contribution in [0.25, 0.3) is 0 Å². The van der Waals surface area contributed by atoms with Crippen LogP contribution in [-0.4, -0.2) is 49.2 Å². The second-order valence-electron chi connectivity index (χ2n) is 5.33. The van der Waals surface area contributed by atoms with E-state index in [4.69, 9.17) is 5.11 Å². The molecule has 0 aromatic heterocycles. The molecule has 96 valence electrons. The highest BCUT2D eigenvalue weighted by atomic mass is 16.2. The molecule has 0 radical (unpaired) electrons. The number of nitrogens with zero attached hydrogens (tertiary/aromatic N) is 1. The van der Waals surface area contributed by atoms with E-state index < -0.39 is 0 Å². The summed E-state index contributed by atoms with van der Waals surface area (Å²) in [4.78, 5) is 13.2. The molecule has 1 amide bonds. The normalized spacial score (nSPS) is 13.6. The highest BCUT2D eigenvalue weighted by Crippen LogP contribution is 2.20. The molecule has 0 spiro atoms. The molecule has 0 bridgehead atoms. The summed E-state index contributed by atoms with van der Waals surface area (Å²) >= 11 is 0. The zero-order chi connectivity index (χ0) is 12.8. The van der Waals surface area contributed by atoms with Gasteiger partial charge in [0.15, 0.2) is 0 Å². The van der Waals surface area contributed by atoms with Crippen molar-refractivity contribution >= 4 is 5.91 Å². The molecule has 0 aromatic carbocycles. The second-order valence-corrected chi connectivity index (χ2v) is 5.33. The molecule has 16 heavy (non-hydrogen) atoms. The maximum atomic E-state index is 11.6. The van der Waals surface area contributed by atoms with Crippen LogP contribution in [-0.2, 0) is 4.79 Å². The van der Waals surface area contributed by atoms with Crippen molar-refractivity contribution in [2.45, 2.75) is 39.7 Å². The van der Waals surface area contributed by atoms with Gasteiger partial charge in [-0.3, -0.25) is 4.79 Å². The van der Waals surface area contributed by atoms with Crippen LogP contribution >= 0.6 is 0 Å². The summed E-state index contributed by atoms with van der Waals surface area (Å²) in [6.45, 7) is 7.18. The lowest BCUT2D eigenvalue weighted by molar-refractivity contribution is -0.130. The molecule has 4 nitrogen and oxygen atoms in total. The van der Waals surface area contributed by atoms with Crippen LogP contribution < -0.4 is 5.32 Å². The maximum Gasteiger partial charge on any atom is 0.238 e. The van der Waals surface area contributed by atoms with Crippen molar-refractivity contribution in [3.05, 3.63) is 0 Å². The summed E-state index contributed by atoms with van der Waals surface area (Å²) in [5.74, 6) is 0.0953. The molecule has 0 aliphatic rings. The summed E-state index contributed by atoms with van der Waals surface area (Å²) in [6, 6.07) is -0.150. The van der Waals surface area contributed by atoms with Gasteiger partial charge in [0.1, 0.15) is 0 Å². The fourth-order valence-electron chi connectivity index (χ4n) is 1.55. The predicted octanol–water partition coefficient (Wildman–Crippen LogP) is 0.851. The van der Waals surface area contributed by atoms with Crippen molar-refractivity contribution < 1.29 is 9.90 Å². The number of aliphatic hydroxyl groups is 1. The quantitative estimate of drug-likeness (QED) is 0.682. The molecule has 0 aromatic rings. The molecule has 1 atom stereocenters. The van der Waals surface area contributed by atoms with Gasteiger partial charge in [-0.05, 0) is 25.2 Å². The van der Waals surface area contributed by atoms with Crippen LogP contribution in [0.2, 0.25) is 0 Å². The topological polar surface area (TPSA) is 52.6 Å². The van der Waals surface area contributed by atoms with E-state index in [1.807, 2.05) is 6.92 Å². The number of rotatable bonds is 7. The Bertz CT molecular complexity index is 215. The fourth-order valence-corrected chi connectivity index (χ4v) is 1.55. The van der Waals surface area contributed by atoms with E-state index in [1.54, 1.807) is 19.0 Å². The van der Waals surface area contributed by atoms with E-state index >= 15 is 0 Å². The number of likely N-dealkylation sites (N-methyl/N-ethyl adjacent to an activating group) is 1. The molecule has 0 aliphatic carbocycles. The van der Waals surface area contributed by atoms with Crippen molar-refractivity contribution in [3.63, 3.8) is 0 Å². The SMILES string of the molecule is CC(NCC(C)(C)CCCO)C(=O)N(C)C. The number of hydrogen-bond acceptors (Lipinski definition) is 3. The number of aliphatic hydroxyl groups excluding tert-OH is 1. The minimum absolute atomic E-state index is 0.0953. The summed E-state index contributed by atoms with van der Waals surface area (Å²) in [5, 5.41) is 12.0. The van der Waals surface area contributed by atoms with Crippen molar-refractivity contribution in [3.8, 4) is 0 Å². The molecule has 0 rings (SSSR count). The molecule has 0 heterocycles.